The Hall–Kier alpha value is -1.67. The summed E-state index contributed by atoms with van der Waals surface area (Å²) in [6, 6.07) is -0.358. The van der Waals surface area contributed by atoms with E-state index < -0.39 is 17.7 Å². The summed E-state index contributed by atoms with van der Waals surface area (Å²) < 4.78 is 0. The van der Waals surface area contributed by atoms with Crippen molar-refractivity contribution < 1.29 is 14.4 Å². The van der Waals surface area contributed by atoms with Gasteiger partial charge in [-0.3, -0.25) is 24.7 Å². The topological polar surface area (TPSA) is 145 Å². The number of amides is 3. The summed E-state index contributed by atoms with van der Waals surface area (Å²) in [7, 11) is 0. The Labute approximate surface area is 93.1 Å². The van der Waals surface area contributed by atoms with Crippen molar-refractivity contribution in [3.05, 3.63) is 0 Å². The van der Waals surface area contributed by atoms with Gasteiger partial charge in [0.2, 0.25) is 17.7 Å². The van der Waals surface area contributed by atoms with E-state index in [4.69, 9.17) is 17.3 Å². The minimum Gasteiger partial charge on any atom is -0.369 e. The first kappa shape index (κ1) is 14.3. The monoisotopic (exact) mass is 231 g/mol. The number of hydrazine groups is 1. The Bertz CT molecular complexity index is 265. The Kier molecular flexibility index (Phi) is 6.04. The molecule has 0 heterocycles. The molecule has 0 aliphatic rings. The molecule has 16 heavy (non-hydrogen) atoms. The van der Waals surface area contributed by atoms with Gasteiger partial charge in [0.15, 0.2) is 0 Å². The SMILES string of the molecule is CC(CC(=O)NN)N(CC(N)=O)CC(N)=O. The van der Waals surface area contributed by atoms with Crippen molar-refractivity contribution in [3.63, 3.8) is 0 Å². The van der Waals surface area contributed by atoms with Gasteiger partial charge in [-0.25, -0.2) is 5.84 Å². The number of nitrogens with zero attached hydrogens (tertiary/aromatic N) is 1. The van der Waals surface area contributed by atoms with Crippen LogP contribution in [-0.4, -0.2) is 41.8 Å². The molecule has 8 nitrogen and oxygen atoms in total. The van der Waals surface area contributed by atoms with Crippen LogP contribution in [0.5, 0.6) is 0 Å². The lowest BCUT2D eigenvalue weighted by atomic mass is 10.2. The first-order valence-corrected chi connectivity index (χ1v) is 4.67. The lowest BCUT2D eigenvalue weighted by molar-refractivity contribution is -0.126. The molecule has 0 spiro atoms. The molecule has 0 radical (unpaired) electrons. The highest BCUT2D eigenvalue weighted by Gasteiger charge is 2.20. The van der Waals surface area contributed by atoms with E-state index in [1.165, 1.54) is 4.90 Å². The maximum atomic E-state index is 11.0. The second-order valence-corrected chi connectivity index (χ2v) is 3.46. The molecule has 0 saturated carbocycles. The number of nitrogens with one attached hydrogen (secondary N) is 1. The van der Waals surface area contributed by atoms with Gasteiger partial charge in [-0.2, -0.15) is 0 Å². The van der Waals surface area contributed by atoms with Crippen LogP contribution >= 0.6 is 0 Å². The van der Waals surface area contributed by atoms with Gasteiger partial charge in [-0.15, -0.1) is 0 Å². The largest absolute Gasteiger partial charge is 0.369 e. The molecule has 0 aliphatic carbocycles. The molecule has 0 fully saturated rings. The number of hydrogen-bond donors (Lipinski definition) is 4. The zero-order valence-electron chi connectivity index (χ0n) is 9.10. The molecule has 92 valence electrons. The maximum absolute atomic E-state index is 11.0. The van der Waals surface area contributed by atoms with Crippen LogP contribution in [0.1, 0.15) is 13.3 Å². The van der Waals surface area contributed by atoms with E-state index in [1.54, 1.807) is 6.92 Å². The second kappa shape index (κ2) is 6.75. The zero-order valence-corrected chi connectivity index (χ0v) is 9.10. The molecule has 0 aromatic carbocycles. The van der Waals surface area contributed by atoms with Gasteiger partial charge in [0.05, 0.1) is 13.1 Å². The van der Waals surface area contributed by atoms with Crippen LogP contribution in [0, 0.1) is 0 Å². The molecule has 7 N–H and O–H groups in total. The van der Waals surface area contributed by atoms with Crippen molar-refractivity contribution in [1.82, 2.24) is 10.3 Å². The van der Waals surface area contributed by atoms with Crippen molar-refractivity contribution in [2.45, 2.75) is 19.4 Å². The normalized spacial score (nSPS) is 12.2. The fourth-order valence-electron chi connectivity index (χ4n) is 1.22. The average molecular weight is 231 g/mol. The third-order valence-corrected chi connectivity index (χ3v) is 1.98. The standard InChI is InChI=1S/C8H17N5O3/c1-5(2-8(16)12-11)13(3-6(9)14)4-7(10)15/h5H,2-4,11H2,1H3,(H2,9,14)(H2,10,15)(H,12,16). The maximum Gasteiger partial charge on any atom is 0.235 e. The summed E-state index contributed by atoms with van der Waals surface area (Å²) in [5, 5.41) is 0. The highest BCUT2D eigenvalue weighted by Crippen LogP contribution is 2.02. The van der Waals surface area contributed by atoms with Gasteiger partial charge < -0.3 is 11.5 Å². The molecule has 0 aromatic rings. The van der Waals surface area contributed by atoms with E-state index in [1.807, 2.05) is 5.43 Å². The summed E-state index contributed by atoms with van der Waals surface area (Å²) in [5.74, 6) is 3.33. The molecule has 1 atom stereocenters. The number of hydrogen-bond acceptors (Lipinski definition) is 5. The lowest BCUT2D eigenvalue weighted by Gasteiger charge is -2.25. The van der Waals surface area contributed by atoms with Crippen LogP contribution in [-0.2, 0) is 14.4 Å². The molecular formula is C8H17N5O3. The van der Waals surface area contributed by atoms with E-state index >= 15 is 0 Å². The molecule has 1 unspecified atom stereocenters. The first-order chi connectivity index (χ1) is 7.36. The van der Waals surface area contributed by atoms with E-state index in [2.05, 4.69) is 0 Å². The van der Waals surface area contributed by atoms with Gasteiger partial charge in [0.25, 0.3) is 0 Å². The molecule has 0 rings (SSSR count). The van der Waals surface area contributed by atoms with E-state index in [9.17, 15) is 14.4 Å². The fourth-order valence-corrected chi connectivity index (χ4v) is 1.22. The van der Waals surface area contributed by atoms with Crippen molar-refractivity contribution in [3.8, 4) is 0 Å². The van der Waals surface area contributed by atoms with Gasteiger partial charge in [0.1, 0.15) is 0 Å². The quantitative estimate of drug-likeness (QED) is 0.210. The fraction of sp³-hybridized carbons (Fsp3) is 0.625. The number of carbonyl (C=O) groups excluding carboxylic acids is 3. The Morgan fingerprint density at radius 2 is 1.62 bits per heavy atom. The van der Waals surface area contributed by atoms with Gasteiger partial charge in [-0.1, -0.05) is 0 Å². The molecule has 0 aliphatic heterocycles. The first-order valence-electron chi connectivity index (χ1n) is 4.67. The summed E-state index contributed by atoms with van der Waals surface area (Å²) in [5.41, 5.74) is 12.0. The van der Waals surface area contributed by atoms with Crippen LogP contribution < -0.4 is 22.7 Å². The van der Waals surface area contributed by atoms with Crippen LogP contribution in [0.15, 0.2) is 0 Å². The summed E-state index contributed by atoms with van der Waals surface area (Å²) >= 11 is 0. The highest BCUT2D eigenvalue weighted by atomic mass is 16.2. The number of primary amides is 2. The van der Waals surface area contributed by atoms with Gasteiger partial charge in [0, 0.05) is 12.5 Å². The average Bonchev–Trinajstić information content (AvgIpc) is 2.15. The third kappa shape index (κ3) is 5.94. The molecule has 8 heteroatoms. The predicted octanol–water partition coefficient (Wildman–Crippen LogP) is -2.97. The van der Waals surface area contributed by atoms with E-state index in [-0.39, 0.29) is 25.6 Å². The Morgan fingerprint density at radius 3 is 1.94 bits per heavy atom. The van der Waals surface area contributed by atoms with Crippen LogP contribution in [0.2, 0.25) is 0 Å². The number of nitrogens with two attached hydrogens (primary N) is 3. The summed E-state index contributed by atoms with van der Waals surface area (Å²) in [6.45, 7) is 1.39. The van der Waals surface area contributed by atoms with Crippen LogP contribution in [0.25, 0.3) is 0 Å². The molecule has 0 aromatic heterocycles. The van der Waals surface area contributed by atoms with E-state index in [0.29, 0.717) is 0 Å². The minimum absolute atomic E-state index is 0.0526. The van der Waals surface area contributed by atoms with Crippen molar-refractivity contribution in [2.75, 3.05) is 13.1 Å². The smallest absolute Gasteiger partial charge is 0.235 e. The second-order valence-electron chi connectivity index (χ2n) is 3.46. The van der Waals surface area contributed by atoms with E-state index in [0.717, 1.165) is 0 Å². The summed E-state index contributed by atoms with van der Waals surface area (Å²) in [6.07, 6.45) is 0.0526. The minimum atomic E-state index is -0.596. The zero-order chi connectivity index (χ0) is 12.7. The predicted molar refractivity (Wildman–Crippen MR) is 56.4 cm³/mol. The van der Waals surface area contributed by atoms with Gasteiger partial charge in [-0.05, 0) is 6.92 Å². The van der Waals surface area contributed by atoms with Crippen molar-refractivity contribution in [1.29, 1.82) is 0 Å². The third-order valence-electron chi connectivity index (χ3n) is 1.98. The number of rotatable bonds is 7. The number of carbonyl (C=O) groups is 3. The molecular weight excluding hydrogens is 214 g/mol. The highest BCUT2D eigenvalue weighted by molar-refractivity contribution is 5.80. The molecule has 0 saturated heterocycles. The van der Waals surface area contributed by atoms with Crippen molar-refractivity contribution in [2.24, 2.45) is 17.3 Å². The molecule has 0 bridgehead atoms. The van der Waals surface area contributed by atoms with Gasteiger partial charge >= 0.3 is 0 Å². The van der Waals surface area contributed by atoms with Crippen molar-refractivity contribution >= 4 is 17.7 Å². The van der Waals surface area contributed by atoms with Crippen LogP contribution in [0.3, 0.4) is 0 Å². The molecule has 3 amide bonds. The Balaban J connectivity index is 4.41. The Morgan fingerprint density at radius 1 is 1.19 bits per heavy atom. The summed E-state index contributed by atoms with van der Waals surface area (Å²) in [4.78, 5) is 33.9. The van der Waals surface area contributed by atoms with Crippen LogP contribution in [0.4, 0.5) is 0 Å². The lowest BCUT2D eigenvalue weighted by Crippen LogP contribution is -2.46.